The third-order valence-electron chi connectivity index (χ3n) is 2.71. The average Bonchev–Trinajstić information content (AvgIpc) is 2.65. The van der Waals surface area contributed by atoms with E-state index in [1.807, 2.05) is 13.8 Å². The molecule has 0 saturated carbocycles. The number of aromatic nitrogens is 2. The molecule has 2 aromatic rings. The van der Waals surface area contributed by atoms with Gasteiger partial charge in [-0.05, 0) is 48.0 Å². The predicted molar refractivity (Wildman–Crippen MR) is 76.1 cm³/mol. The van der Waals surface area contributed by atoms with Gasteiger partial charge in [-0.1, -0.05) is 11.6 Å². The van der Waals surface area contributed by atoms with Gasteiger partial charge in [-0.15, -0.1) is 0 Å². The summed E-state index contributed by atoms with van der Waals surface area (Å²) in [6, 6.07) is 4.29. The maximum atomic E-state index is 13.0. The van der Waals surface area contributed by atoms with Crippen molar-refractivity contribution >= 4 is 27.5 Å². The third-order valence-corrected chi connectivity index (χ3v) is 3.82. The summed E-state index contributed by atoms with van der Waals surface area (Å²) in [4.78, 5) is 0. The van der Waals surface area contributed by atoms with Gasteiger partial charge in [-0.2, -0.15) is 5.10 Å². The lowest BCUT2D eigenvalue weighted by Crippen LogP contribution is -2.06. The summed E-state index contributed by atoms with van der Waals surface area (Å²) in [5, 5.41) is 4.92. The number of rotatable bonds is 4. The minimum atomic E-state index is -0.313. The number of nitrogens with zero attached hydrogens (tertiary/aromatic N) is 2. The summed E-state index contributed by atoms with van der Waals surface area (Å²) in [5.41, 5.74) is 1.60. The first-order chi connectivity index (χ1) is 9.02. The molecule has 0 spiro atoms. The molecular formula is C13H13BrClFN2O. The first-order valence-electron chi connectivity index (χ1n) is 5.82. The quantitative estimate of drug-likeness (QED) is 0.822. The largest absolute Gasteiger partial charge is 0.486 e. The highest BCUT2D eigenvalue weighted by atomic mass is 79.9. The second kappa shape index (κ2) is 5.92. The lowest BCUT2D eigenvalue weighted by Gasteiger charge is -2.09. The Balaban J connectivity index is 2.18. The SMILES string of the molecule is CCn1nc(C)c(Cl)c1COc1ccc(F)cc1Br. The van der Waals surface area contributed by atoms with Crippen LogP contribution < -0.4 is 4.74 Å². The molecule has 0 unspecified atom stereocenters. The van der Waals surface area contributed by atoms with Crippen LogP contribution in [0.15, 0.2) is 22.7 Å². The molecule has 0 aliphatic heterocycles. The van der Waals surface area contributed by atoms with E-state index < -0.39 is 0 Å². The third kappa shape index (κ3) is 3.09. The van der Waals surface area contributed by atoms with Crippen LogP contribution in [0.25, 0.3) is 0 Å². The Bertz CT molecular complexity index is 601. The maximum absolute atomic E-state index is 13.0. The Hall–Kier alpha value is -1.07. The summed E-state index contributed by atoms with van der Waals surface area (Å²) < 4.78 is 21.0. The van der Waals surface area contributed by atoms with Crippen molar-refractivity contribution in [2.24, 2.45) is 0 Å². The van der Waals surface area contributed by atoms with E-state index >= 15 is 0 Å². The molecule has 102 valence electrons. The van der Waals surface area contributed by atoms with Crippen molar-refractivity contribution in [3.8, 4) is 5.75 Å². The Morgan fingerprint density at radius 2 is 2.21 bits per heavy atom. The van der Waals surface area contributed by atoms with Crippen LogP contribution in [0, 0.1) is 12.7 Å². The van der Waals surface area contributed by atoms with Crippen molar-refractivity contribution in [2.75, 3.05) is 0 Å². The lowest BCUT2D eigenvalue weighted by molar-refractivity contribution is 0.290. The van der Waals surface area contributed by atoms with Gasteiger partial charge in [0.1, 0.15) is 18.2 Å². The highest BCUT2D eigenvalue weighted by Crippen LogP contribution is 2.28. The summed E-state index contributed by atoms with van der Waals surface area (Å²) in [7, 11) is 0. The van der Waals surface area contributed by atoms with Crippen LogP contribution in [-0.2, 0) is 13.2 Å². The van der Waals surface area contributed by atoms with Gasteiger partial charge in [-0.25, -0.2) is 4.39 Å². The molecule has 3 nitrogen and oxygen atoms in total. The molecule has 0 aliphatic rings. The second-order valence-electron chi connectivity index (χ2n) is 4.03. The molecule has 19 heavy (non-hydrogen) atoms. The summed E-state index contributed by atoms with van der Waals surface area (Å²) >= 11 is 9.45. The molecule has 0 atom stereocenters. The molecule has 1 aromatic heterocycles. The normalized spacial score (nSPS) is 10.8. The number of ether oxygens (including phenoxy) is 1. The van der Waals surface area contributed by atoms with Crippen LogP contribution in [0.1, 0.15) is 18.3 Å². The van der Waals surface area contributed by atoms with Gasteiger partial charge in [0.25, 0.3) is 0 Å². The fourth-order valence-corrected chi connectivity index (χ4v) is 2.40. The molecular weight excluding hydrogens is 335 g/mol. The van der Waals surface area contributed by atoms with Gasteiger partial charge in [-0.3, -0.25) is 4.68 Å². The van der Waals surface area contributed by atoms with E-state index in [0.717, 1.165) is 17.9 Å². The molecule has 0 fully saturated rings. The van der Waals surface area contributed by atoms with Crippen LogP contribution in [0.4, 0.5) is 4.39 Å². The van der Waals surface area contributed by atoms with Gasteiger partial charge in [0, 0.05) is 6.54 Å². The molecule has 0 amide bonds. The monoisotopic (exact) mass is 346 g/mol. The minimum absolute atomic E-state index is 0.289. The van der Waals surface area contributed by atoms with Crippen LogP contribution in [-0.4, -0.2) is 9.78 Å². The number of hydrogen-bond acceptors (Lipinski definition) is 2. The van der Waals surface area contributed by atoms with E-state index in [4.69, 9.17) is 16.3 Å². The zero-order chi connectivity index (χ0) is 14.0. The second-order valence-corrected chi connectivity index (χ2v) is 5.26. The van der Waals surface area contributed by atoms with Gasteiger partial charge in [0.2, 0.25) is 0 Å². The highest BCUT2D eigenvalue weighted by Gasteiger charge is 2.13. The number of benzene rings is 1. The standard InChI is InChI=1S/C13H13BrClFN2O/c1-3-18-11(13(15)8(2)17-18)7-19-12-5-4-9(16)6-10(12)14/h4-6H,3,7H2,1-2H3. The van der Waals surface area contributed by atoms with Gasteiger partial charge in [0.05, 0.1) is 20.9 Å². The molecule has 6 heteroatoms. The Morgan fingerprint density at radius 1 is 1.47 bits per heavy atom. The number of aryl methyl sites for hydroxylation is 2. The zero-order valence-corrected chi connectivity index (χ0v) is 12.9. The van der Waals surface area contributed by atoms with Crippen molar-refractivity contribution in [3.63, 3.8) is 0 Å². The predicted octanol–water partition coefficient (Wildman–Crippen LogP) is 4.35. The average molecular weight is 348 g/mol. The summed E-state index contributed by atoms with van der Waals surface area (Å²) in [6.45, 7) is 4.85. The number of hydrogen-bond donors (Lipinski definition) is 0. The lowest BCUT2D eigenvalue weighted by atomic mass is 10.3. The first kappa shape index (κ1) is 14.3. The van der Waals surface area contributed by atoms with Crippen LogP contribution >= 0.6 is 27.5 Å². The van der Waals surface area contributed by atoms with Crippen molar-refractivity contribution < 1.29 is 9.13 Å². The topological polar surface area (TPSA) is 27.1 Å². The van der Waals surface area contributed by atoms with E-state index in [0.29, 0.717) is 15.2 Å². The van der Waals surface area contributed by atoms with E-state index in [9.17, 15) is 4.39 Å². The smallest absolute Gasteiger partial charge is 0.134 e. The van der Waals surface area contributed by atoms with E-state index in [1.54, 1.807) is 10.7 Å². The Labute approximate surface area is 124 Å². The Morgan fingerprint density at radius 3 is 2.84 bits per heavy atom. The van der Waals surface area contributed by atoms with Gasteiger partial charge >= 0.3 is 0 Å². The molecule has 0 radical (unpaired) electrons. The Kier molecular flexibility index (Phi) is 4.47. The van der Waals surface area contributed by atoms with Gasteiger partial charge < -0.3 is 4.74 Å². The summed E-state index contributed by atoms with van der Waals surface area (Å²) in [5.74, 6) is 0.255. The zero-order valence-electron chi connectivity index (χ0n) is 10.6. The minimum Gasteiger partial charge on any atom is -0.486 e. The van der Waals surface area contributed by atoms with Gasteiger partial charge in [0.15, 0.2) is 0 Å². The molecule has 0 saturated heterocycles. The fraction of sp³-hybridized carbons (Fsp3) is 0.308. The molecule has 0 bridgehead atoms. The van der Waals surface area contributed by atoms with E-state index in [2.05, 4.69) is 21.0 Å². The van der Waals surface area contributed by atoms with Crippen molar-refractivity contribution in [2.45, 2.75) is 27.0 Å². The highest BCUT2D eigenvalue weighted by molar-refractivity contribution is 9.10. The number of halogens is 3. The van der Waals surface area contributed by atoms with Crippen molar-refractivity contribution in [3.05, 3.63) is 44.9 Å². The van der Waals surface area contributed by atoms with Crippen LogP contribution in [0.2, 0.25) is 5.02 Å². The van der Waals surface area contributed by atoms with Crippen molar-refractivity contribution in [1.29, 1.82) is 0 Å². The van der Waals surface area contributed by atoms with E-state index in [-0.39, 0.29) is 12.4 Å². The molecule has 0 N–H and O–H groups in total. The van der Waals surface area contributed by atoms with Crippen LogP contribution in [0.3, 0.4) is 0 Å². The first-order valence-corrected chi connectivity index (χ1v) is 6.99. The maximum Gasteiger partial charge on any atom is 0.134 e. The van der Waals surface area contributed by atoms with Crippen molar-refractivity contribution in [1.82, 2.24) is 9.78 Å². The fourth-order valence-electron chi connectivity index (χ4n) is 1.75. The van der Waals surface area contributed by atoms with E-state index in [1.165, 1.54) is 12.1 Å². The molecule has 2 rings (SSSR count). The summed E-state index contributed by atoms with van der Waals surface area (Å²) in [6.07, 6.45) is 0. The van der Waals surface area contributed by atoms with Crippen LogP contribution in [0.5, 0.6) is 5.75 Å². The molecule has 0 aliphatic carbocycles. The molecule has 1 aromatic carbocycles. The molecule has 1 heterocycles.